The molecule has 2 aromatic carbocycles. The van der Waals surface area contributed by atoms with Crippen molar-refractivity contribution in [1.82, 2.24) is 5.32 Å². The van der Waals surface area contributed by atoms with Crippen LogP contribution in [0.15, 0.2) is 48.5 Å². The van der Waals surface area contributed by atoms with Crippen molar-refractivity contribution in [2.24, 2.45) is 0 Å². The van der Waals surface area contributed by atoms with Gasteiger partial charge < -0.3 is 5.32 Å². The number of hydrogen-bond acceptors (Lipinski definition) is 1. The first-order valence-electron chi connectivity index (χ1n) is 6.46. The Hall–Kier alpha value is -1.02. The van der Waals surface area contributed by atoms with Crippen molar-refractivity contribution >= 4 is 23.2 Å². The van der Waals surface area contributed by atoms with E-state index in [2.05, 4.69) is 35.6 Å². The largest absolute Gasteiger partial charge is 0.309 e. The van der Waals surface area contributed by atoms with Crippen LogP contribution in [0.3, 0.4) is 0 Å². The van der Waals surface area contributed by atoms with Gasteiger partial charge in [0.1, 0.15) is 0 Å². The highest BCUT2D eigenvalue weighted by Crippen LogP contribution is 2.40. The van der Waals surface area contributed by atoms with Gasteiger partial charge in [-0.25, -0.2) is 0 Å². The fraction of sp³-hybridized carbons (Fsp3) is 0.250. The lowest BCUT2D eigenvalue weighted by molar-refractivity contribution is 0.673. The third kappa shape index (κ3) is 3.11. The fourth-order valence-electron chi connectivity index (χ4n) is 2.39. The van der Waals surface area contributed by atoms with Crippen LogP contribution in [0, 0.1) is 0 Å². The number of hydrogen-bond donors (Lipinski definition) is 1. The van der Waals surface area contributed by atoms with Crippen LogP contribution in [0.1, 0.15) is 23.5 Å². The van der Waals surface area contributed by atoms with Gasteiger partial charge >= 0.3 is 0 Å². The van der Waals surface area contributed by atoms with Crippen molar-refractivity contribution in [3.05, 3.63) is 69.7 Å². The SMILES string of the molecule is Clc1ccc(CN[C@@H]2C[C@H]2c2ccccc2)cc1Cl. The topological polar surface area (TPSA) is 12.0 Å². The van der Waals surface area contributed by atoms with Crippen LogP contribution in [0.5, 0.6) is 0 Å². The Morgan fingerprint density at radius 2 is 1.79 bits per heavy atom. The minimum atomic E-state index is 0.580. The molecule has 0 unspecified atom stereocenters. The molecule has 0 aliphatic heterocycles. The van der Waals surface area contributed by atoms with Crippen molar-refractivity contribution in [2.45, 2.75) is 24.9 Å². The van der Waals surface area contributed by atoms with Crippen LogP contribution >= 0.6 is 23.2 Å². The predicted octanol–water partition coefficient (Wildman–Crippen LogP) is 4.64. The van der Waals surface area contributed by atoms with Crippen molar-refractivity contribution in [3.63, 3.8) is 0 Å². The van der Waals surface area contributed by atoms with Crippen molar-refractivity contribution in [2.75, 3.05) is 0 Å². The second kappa shape index (κ2) is 5.54. The summed E-state index contributed by atoms with van der Waals surface area (Å²) in [4.78, 5) is 0. The quantitative estimate of drug-likeness (QED) is 0.865. The number of rotatable bonds is 4. The summed E-state index contributed by atoms with van der Waals surface area (Å²) in [5.74, 6) is 0.656. The Labute approximate surface area is 123 Å². The first-order chi connectivity index (χ1) is 9.24. The molecule has 0 heterocycles. The molecular weight excluding hydrogens is 277 g/mol. The number of halogens is 2. The Balaban J connectivity index is 1.56. The molecule has 1 nitrogen and oxygen atoms in total. The van der Waals surface area contributed by atoms with Gasteiger partial charge in [0.25, 0.3) is 0 Å². The van der Waals surface area contributed by atoms with E-state index in [4.69, 9.17) is 23.2 Å². The smallest absolute Gasteiger partial charge is 0.0595 e. The van der Waals surface area contributed by atoms with E-state index in [1.54, 1.807) is 0 Å². The number of benzene rings is 2. The molecule has 98 valence electrons. The van der Waals surface area contributed by atoms with Gasteiger partial charge in [0.05, 0.1) is 10.0 Å². The van der Waals surface area contributed by atoms with Crippen molar-refractivity contribution < 1.29 is 0 Å². The van der Waals surface area contributed by atoms with Gasteiger partial charge in [-0.15, -0.1) is 0 Å². The molecule has 0 bridgehead atoms. The Morgan fingerprint density at radius 3 is 2.53 bits per heavy atom. The molecule has 1 aliphatic carbocycles. The molecule has 0 saturated heterocycles. The third-order valence-corrected chi connectivity index (χ3v) is 4.31. The molecule has 19 heavy (non-hydrogen) atoms. The summed E-state index contributed by atoms with van der Waals surface area (Å²) in [5, 5.41) is 4.80. The lowest BCUT2D eigenvalue weighted by atomic mass is 10.1. The van der Waals surface area contributed by atoms with Gasteiger partial charge in [-0.3, -0.25) is 0 Å². The van der Waals surface area contributed by atoms with Gasteiger partial charge in [0.2, 0.25) is 0 Å². The van der Waals surface area contributed by atoms with Crippen LogP contribution in [-0.4, -0.2) is 6.04 Å². The lowest BCUT2D eigenvalue weighted by Crippen LogP contribution is -2.17. The minimum absolute atomic E-state index is 0.580. The molecule has 1 fully saturated rings. The second-order valence-corrected chi connectivity index (χ2v) is 5.80. The van der Waals surface area contributed by atoms with Crippen molar-refractivity contribution in [1.29, 1.82) is 0 Å². The summed E-state index contributed by atoms with van der Waals surface area (Å²) in [6.45, 7) is 0.838. The maximum absolute atomic E-state index is 6.01. The van der Waals surface area contributed by atoms with Gasteiger partial charge in [-0.2, -0.15) is 0 Å². The Morgan fingerprint density at radius 1 is 1.00 bits per heavy atom. The van der Waals surface area contributed by atoms with E-state index in [0.29, 0.717) is 22.0 Å². The maximum Gasteiger partial charge on any atom is 0.0595 e. The average Bonchev–Trinajstić information content (AvgIpc) is 3.21. The molecule has 0 amide bonds. The Kier molecular flexibility index (Phi) is 3.79. The molecular formula is C16H15Cl2N. The fourth-order valence-corrected chi connectivity index (χ4v) is 2.71. The highest BCUT2D eigenvalue weighted by molar-refractivity contribution is 6.42. The van der Waals surface area contributed by atoms with Crippen LogP contribution in [0.4, 0.5) is 0 Å². The highest BCUT2D eigenvalue weighted by Gasteiger charge is 2.37. The van der Waals surface area contributed by atoms with Crippen LogP contribution in [-0.2, 0) is 6.54 Å². The molecule has 2 atom stereocenters. The maximum atomic E-state index is 6.01. The highest BCUT2D eigenvalue weighted by atomic mass is 35.5. The normalized spacial score (nSPS) is 21.4. The zero-order valence-electron chi connectivity index (χ0n) is 10.4. The molecule has 1 aliphatic rings. The second-order valence-electron chi connectivity index (χ2n) is 4.99. The van der Waals surface area contributed by atoms with Crippen LogP contribution in [0.25, 0.3) is 0 Å². The molecule has 1 saturated carbocycles. The molecule has 3 heteroatoms. The van der Waals surface area contributed by atoms with E-state index in [0.717, 1.165) is 6.54 Å². The summed E-state index contributed by atoms with van der Waals surface area (Å²) in [7, 11) is 0. The lowest BCUT2D eigenvalue weighted by Gasteiger charge is -2.06. The number of nitrogens with one attached hydrogen (secondary N) is 1. The van der Waals surface area contributed by atoms with E-state index in [1.165, 1.54) is 17.5 Å². The van der Waals surface area contributed by atoms with Gasteiger partial charge in [0.15, 0.2) is 0 Å². The summed E-state index contributed by atoms with van der Waals surface area (Å²) < 4.78 is 0. The predicted molar refractivity (Wildman–Crippen MR) is 80.9 cm³/mol. The van der Waals surface area contributed by atoms with E-state index >= 15 is 0 Å². The summed E-state index contributed by atoms with van der Waals surface area (Å²) in [6.07, 6.45) is 1.21. The first-order valence-corrected chi connectivity index (χ1v) is 7.22. The van der Waals surface area contributed by atoms with E-state index < -0.39 is 0 Å². The minimum Gasteiger partial charge on any atom is -0.309 e. The van der Waals surface area contributed by atoms with Gasteiger partial charge in [-0.1, -0.05) is 59.6 Å². The molecule has 0 radical (unpaired) electrons. The van der Waals surface area contributed by atoms with Crippen LogP contribution < -0.4 is 5.32 Å². The standard InChI is InChI=1S/C16H15Cl2N/c17-14-7-6-11(8-15(14)18)10-19-16-9-13(16)12-4-2-1-3-5-12/h1-8,13,16,19H,9-10H2/t13-,16+/m0/s1. The van der Waals surface area contributed by atoms with Gasteiger partial charge in [-0.05, 0) is 29.7 Å². The van der Waals surface area contributed by atoms with Crippen molar-refractivity contribution in [3.8, 4) is 0 Å². The van der Waals surface area contributed by atoms with Crippen LogP contribution in [0.2, 0.25) is 10.0 Å². The monoisotopic (exact) mass is 291 g/mol. The molecule has 3 rings (SSSR count). The zero-order chi connectivity index (χ0) is 13.2. The third-order valence-electron chi connectivity index (χ3n) is 3.57. The first kappa shape index (κ1) is 13.0. The Bertz CT molecular complexity index is 568. The summed E-state index contributed by atoms with van der Waals surface area (Å²) >= 11 is 11.9. The van der Waals surface area contributed by atoms with E-state index in [1.807, 2.05) is 18.2 Å². The van der Waals surface area contributed by atoms with E-state index in [9.17, 15) is 0 Å². The molecule has 2 aromatic rings. The summed E-state index contributed by atoms with van der Waals surface area (Å²) in [6, 6.07) is 17.0. The van der Waals surface area contributed by atoms with E-state index in [-0.39, 0.29) is 0 Å². The molecule has 0 aromatic heterocycles. The average molecular weight is 292 g/mol. The zero-order valence-corrected chi connectivity index (χ0v) is 12.0. The molecule has 0 spiro atoms. The van der Waals surface area contributed by atoms with Gasteiger partial charge in [0, 0.05) is 18.5 Å². The summed E-state index contributed by atoms with van der Waals surface area (Å²) in [5.41, 5.74) is 2.60. The molecule has 1 N–H and O–H groups in total.